The van der Waals surface area contributed by atoms with Gasteiger partial charge in [0.2, 0.25) is 0 Å². The Morgan fingerprint density at radius 2 is 1.46 bits per heavy atom. The molecule has 0 spiro atoms. The van der Waals surface area contributed by atoms with Crippen LogP contribution in [0.15, 0.2) is 78.9 Å². The van der Waals surface area contributed by atoms with Gasteiger partial charge >= 0.3 is 0 Å². The van der Waals surface area contributed by atoms with Crippen LogP contribution >= 0.6 is 0 Å². The van der Waals surface area contributed by atoms with E-state index in [9.17, 15) is 0 Å². The maximum absolute atomic E-state index is 6.13. The lowest BCUT2D eigenvalue weighted by atomic mass is 9.80. The van der Waals surface area contributed by atoms with E-state index in [1.54, 1.807) is 0 Å². The quantitative estimate of drug-likeness (QED) is 0.398. The van der Waals surface area contributed by atoms with Gasteiger partial charge in [-0.2, -0.15) is 0 Å². The van der Waals surface area contributed by atoms with Crippen LogP contribution in [-0.4, -0.2) is 7.85 Å². The Bertz CT molecular complexity index is 1170. The van der Waals surface area contributed by atoms with Gasteiger partial charge in [-0.15, -0.1) is 0 Å². The van der Waals surface area contributed by atoms with Crippen molar-refractivity contribution in [1.29, 1.82) is 0 Å². The molecule has 4 aromatic rings. The monoisotopic (exact) mass is 330 g/mol. The van der Waals surface area contributed by atoms with Gasteiger partial charge in [-0.3, -0.25) is 0 Å². The molecule has 1 aliphatic rings. The van der Waals surface area contributed by atoms with Gasteiger partial charge in [0.25, 0.3) is 0 Å². The zero-order chi connectivity index (χ0) is 17.9. The van der Waals surface area contributed by atoms with Crippen molar-refractivity contribution in [2.45, 2.75) is 19.3 Å². The van der Waals surface area contributed by atoms with E-state index in [-0.39, 0.29) is 5.41 Å². The number of rotatable bonds is 1. The molecule has 4 aromatic carbocycles. The van der Waals surface area contributed by atoms with Crippen molar-refractivity contribution in [2.24, 2.45) is 0 Å². The summed E-state index contributed by atoms with van der Waals surface area (Å²) in [4.78, 5) is 0. The summed E-state index contributed by atoms with van der Waals surface area (Å²) in [7, 11) is 6.13. The number of hydrogen-bond acceptors (Lipinski definition) is 0. The van der Waals surface area contributed by atoms with Crippen molar-refractivity contribution < 1.29 is 0 Å². The predicted molar refractivity (Wildman–Crippen MR) is 112 cm³/mol. The molecule has 0 amide bonds. The highest BCUT2D eigenvalue weighted by Gasteiger charge is 2.37. The van der Waals surface area contributed by atoms with Crippen molar-refractivity contribution >= 4 is 24.1 Å². The van der Waals surface area contributed by atoms with Gasteiger partial charge in [0.05, 0.1) is 0 Å². The highest BCUT2D eigenvalue weighted by Crippen LogP contribution is 2.53. The molecular weight excluding hydrogens is 311 g/mol. The van der Waals surface area contributed by atoms with E-state index in [4.69, 9.17) is 7.85 Å². The van der Waals surface area contributed by atoms with E-state index in [1.807, 2.05) is 12.1 Å². The summed E-state index contributed by atoms with van der Waals surface area (Å²) < 4.78 is 0. The van der Waals surface area contributed by atoms with Crippen LogP contribution in [0.5, 0.6) is 0 Å². The van der Waals surface area contributed by atoms with Crippen LogP contribution in [0, 0.1) is 0 Å². The predicted octanol–water partition coefficient (Wildman–Crippen LogP) is 5.61. The summed E-state index contributed by atoms with van der Waals surface area (Å²) in [5, 5.41) is 2.56. The van der Waals surface area contributed by atoms with Crippen LogP contribution < -0.4 is 5.46 Å². The van der Waals surface area contributed by atoms with Gasteiger partial charge < -0.3 is 0 Å². The summed E-state index contributed by atoms with van der Waals surface area (Å²) in [6.45, 7) is 4.66. The summed E-state index contributed by atoms with van der Waals surface area (Å²) in [5.74, 6) is 0. The molecule has 26 heavy (non-hydrogen) atoms. The van der Waals surface area contributed by atoms with Crippen molar-refractivity contribution in [2.75, 3.05) is 0 Å². The molecule has 0 fully saturated rings. The van der Waals surface area contributed by atoms with E-state index in [0.29, 0.717) is 0 Å². The van der Waals surface area contributed by atoms with Crippen LogP contribution in [0.1, 0.15) is 25.0 Å². The SMILES string of the molecule is [B]c1cccc(-c2c3c(cc4ccccc24)C(C)(C)c2ccccc2-3)c1. The molecule has 0 unspecified atom stereocenters. The molecule has 0 atom stereocenters. The Labute approximate surface area is 155 Å². The molecule has 1 aliphatic carbocycles. The smallest absolute Gasteiger partial charge is 0.0961 e. The maximum atomic E-state index is 6.13. The molecule has 1 heteroatoms. The molecule has 2 radical (unpaired) electrons. The molecule has 122 valence electrons. The highest BCUT2D eigenvalue weighted by molar-refractivity contribution is 6.32. The largest absolute Gasteiger partial charge is 0.113 e. The van der Waals surface area contributed by atoms with Crippen LogP contribution in [-0.2, 0) is 5.41 Å². The van der Waals surface area contributed by atoms with E-state index >= 15 is 0 Å². The zero-order valence-corrected chi connectivity index (χ0v) is 15.1. The second-order valence-corrected chi connectivity index (χ2v) is 7.69. The fraction of sp³-hybridized carbons (Fsp3) is 0.120. The van der Waals surface area contributed by atoms with Crippen molar-refractivity contribution in [3.8, 4) is 22.3 Å². The molecule has 0 heterocycles. The van der Waals surface area contributed by atoms with Crippen molar-refractivity contribution in [1.82, 2.24) is 0 Å². The minimum absolute atomic E-state index is 0.00890. The lowest BCUT2D eigenvalue weighted by molar-refractivity contribution is 0.661. The van der Waals surface area contributed by atoms with Crippen LogP contribution in [0.2, 0.25) is 0 Å². The third-order valence-electron chi connectivity index (χ3n) is 5.77. The first-order chi connectivity index (χ1) is 12.6. The lowest BCUT2D eigenvalue weighted by Crippen LogP contribution is -2.15. The Morgan fingerprint density at radius 1 is 0.692 bits per heavy atom. The van der Waals surface area contributed by atoms with Crippen molar-refractivity contribution in [3.05, 3.63) is 90.0 Å². The standard InChI is InChI=1S/C25H19B/c1-25(2)21-13-6-5-12-20(21)24-22(25)15-16-8-3-4-11-19(16)23(24)17-9-7-10-18(26)14-17/h3-15H,1-2H3. The van der Waals surface area contributed by atoms with E-state index in [1.165, 1.54) is 44.2 Å². The number of fused-ring (bicyclic) bond motifs is 4. The van der Waals surface area contributed by atoms with Gasteiger partial charge in [0, 0.05) is 5.41 Å². The first-order valence-electron chi connectivity index (χ1n) is 9.09. The van der Waals surface area contributed by atoms with Crippen LogP contribution in [0.4, 0.5) is 0 Å². The third kappa shape index (κ3) is 2.04. The maximum Gasteiger partial charge on any atom is 0.113 e. The second kappa shape index (κ2) is 5.35. The van der Waals surface area contributed by atoms with Gasteiger partial charge in [-0.05, 0) is 50.2 Å². The molecule has 0 N–H and O–H groups in total. The Hall–Kier alpha value is -2.80. The average molecular weight is 330 g/mol. The molecule has 0 bridgehead atoms. The highest BCUT2D eigenvalue weighted by atomic mass is 14.4. The molecule has 0 aliphatic heterocycles. The first kappa shape index (κ1) is 15.5. The van der Waals surface area contributed by atoms with Gasteiger partial charge in [-0.25, -0.2) is 0 Å². The van der Waals surface area contributed by atoms with Gasteiger partial charge in [0.15, 0.2) is 0 Å². The van der Waals surface area contributed by atoms with Gasteiger partial charge in [0.1, 0.15) is 7.85 Å². The van der Waals surface area contributed by atoms with E-state index < -0.39 is 0 Å². The number of hydrogen-bond donors (Lipinski definition) is 0. The topological polar surface area (TPSA) is 0 Å². The fourth-order valence-electron chi connectivity index (χ4n) is 4.51. The van der Waals surface area contributed by atoms with Gasteiger partial charge in [-0.1, -0.05) is 92.1 Å². The van der Waals surface area contributed by atoms with Crippen LogP contribution in [0.25, 0.3) is 33.0 Å². The molecule has 0 saturated heterocycles. The first-order valence-corrected chi connectivity index (χ1v) is 9.09. The molecule has 5 rings (SSSR count). The summed E-state index contributed by atoms with van der Waals surface area (Å²) in [6.07, 6.45) is 0. The Balaban J connectivity index is 2.00. The summed E-state index contributed by atoms with van der Waals surface area (Å²) in [5.41, 5.74) is 8.77. The second-order valence-electron chi connectivity index (χ2n) is 7.69. The minimum Gasteiger partial charge on any atom is -0.0961 e. The van der Waals surface area contributed by atoms with Crippen LogP contribution in [0.3, 0.4) is 0 Å². The summed E-state index contributed by atoms with van der Waals surface area (Å²) in [6, 6.07) is 28.1. The van der Waals surface area contributed by atoms with E-state index in [2.05, 4.69) is 80.6 Å². The minimum atomic E-state index is -0.00890. The summed E-state index contributed by atoms with van der Waals surface area (Å²) >= 11 is 0. The average Bonchev–Trinajstić information content (AvgIpc) is 2.88. The zero-order valence-electron chi connectivity index (χ0n) is 15.1. The normalized spacial score (nSPS) is 14.2. The Kier molecular flexibility index (Phi) is 3.18. The molecule has 0 nitrogen and oxygen atoms in total. The van der Waals surface area contributed by atoms with Crippen molar-refractivity contribution in [3.63, 3.8) is 0 Å². The number of benzene rings is 4. The molecular formula is C25H19B. The molecule has 0 aromatic heterocycles. The lowest BCUT2D eigenvalue weighted by Gasteiger charge is -2.23. The fourth-order valence-corrected chi connectivity index (χ4v) is 4.51. The third-order valence-corrected chi connectivity index (χ3v) is 5.77. The van der Waals surface area contributed by atoms with E-state index in [0.717, 1.165) is 5.46 Å². The molecule has 0 saturated carbocycles. The Morgan fingerprint density at radius 3 is 2.31 bits per heavy atom.